The van der Waals surface area contributed by atoms with Gasteiger partial charge in [0.2, 0.25) is 76.8 Å². The molecule has 36 heteroatoms. The third-order valence-corrected chi connectivity index (χ3v) is 17.4. The lowest BCUT2D eigenvalue weighted by molar-refractivity contribution is -0.142. The summed E-state index contributed by atoms with van der Waals surface area (Å²) in [6, 6.07) is -9.78. The minimum Gasteiger partial charge on any atom is -0.481 e. The van der Waals surface area contributed by atoms with Crippen molar-refractivity contribution < 1.29 is 92.3 Å². The summed E-state index contributed by atoms with van der Waals surface area (Å²) in [7, 11) is 0. The maximum absolute atomic E-state index is 14.3. The van der Waals surface area contributed by atoms with Crippen LogP contribution in [0.4, 0.5) is 0 Å². The Balaban J connectivity index is 2.33. The average molecular weight is 1460 g/mol. The minimum absolute atomic E-state index is 0.0632. The van der Waals surface area contributed by atoms with Gasteiger partial charge in [-0.05, 0) is 94.0 Å². The van der Waals surface area contributed by atoms with Gasteiger partial charge in [0.05, 0.1) is 26.3 Å². The molecular weight excluding hydrogens is 1350 g/mol. The molecule has 2 aromatic rings. The SMILES string of the molecule is CC[C@H](C)CCCCC(=O)NCC(=O)N[C@H](CCN)C(=O)NCC(=O)N[C@H](CO)C(=O)N[C@H](Cc1c[nH]c2ccccc12)C(=O)N[C@@H](CO)C(=O)N[C@@H](CCN)C(=O)N[C@H](CCN)C(=O)N[C@H](C(=O)N[C@@H](CCC(=O)O)C(=O)N[C@H](C(=O)N[C@@H](C(=O)N[C@@H](C)C(=O)O)[C@@H](C)CC)C(C)C)[C@@H](C)CC. The fourth-order valence-corrected chi connectivity index (χ4v) is 10.4. The lowest BCUT2D eigenvalue weighted by Crippen LogP contribution is -2.62. The molecule has 0 aliphatic rings. The molecule has 0 spiro atoms. The molecule has 0 unspecified atom stereocenters. The minimum atomic E-state index is -1.86. The summed E-state index contributed by atoms with van der Waals surface area (Å²) in [5.74, 6) is -16.0. The molecule has 1 heterocycles. The van der Waals surface area contributed by atoms with E-state index < -0.39 is 206 Å². The largest absolute Gasteiger partial charge is 0.481 e. The van der Waals surface area contributed by atoms with E-state index in [1.165, 1.54) is 6.92 Å². The van der Waals surface area contributed by atoms with Crippen LogP contribution in [0.2, 0.25) is 0 Å². The van der Waals surface area contributed by atoms with Gasteiger partial charge >= 0.3 is 11.9 Å². The normalized spacial score (nSPS) is 15.3. The van der Waals surface area contributed by atoms with Crippen molar-refractivity contribution in [3.05, 3.63) is 36.0 Å². The number of amides is 13. The summed E-state index contributed by atoms with van der Waals surface area (Å²) in [5, 5.41) is 72.3. The first-order valence-corrected chi connectivity index (χ1v) is 34.9. The van der Waals surface area contributed by atoms with Crippen LogP contribution in [0.5, 0.6) is 0 Å². The number of carboxylic acid groups (broad SMARTS) is 2. The Labute approximate surface area is 599 Å². The Bertz CT molecular complexity index is 3170. The Morgan fingerprint density at radius 2 is 0.845 bits per heavy atom. The Kier molecular flexibility index (Phi) is 40.9. The van der Waals surface area contributed by atoms with Gasteiger partial charge in [0, 0.05) is 36.4 Å². The van der Waals surface area contributed by atoms with Crippen LogP contribution < -0.4 is 86.3 Å². The molecular formula is C67H111N17O19. The fourth-order valence-electron chi connectivity index (χ4n) is 10.4. The van der Waals surface area contributed by atoms with E-state index in [9.17, 15) is 92.3 Å². The number of hydrogen-bond acceptors (Lipinski definition) is 20. The van der Waals surface area contributed by atoms with Crippen LogP contribution in [0.15, 0.2) is 30.5 Å². The van der Waals surface area contributed by atoms with Crippen LogP contribution in [0.25, 0.3) is 10.9 Å². The number of benzene rings is 1. The first kappa shape index (κ1) is 89.7. The lowest BCUT2D eigenvalue weighted by Gasteiger charge is -2.31. The van der Waals surface area contributed by atoms with E-state index in [1.807, 2.05) is 0 Å². The topological polar surface area (TPSA) is 587 Å². The number of aliphatic hydroxyl groups excluding tert-OH is 2. The Hall–Kier alpha value is -9.39. The van der Waals surface area contributed by atoms with E-state index in [1.54, 1.807) is 72.0 Å². The molecule has 0 radical (unpaired) electrons. The number of aromatic amines is 1. The van der Waals surface area contributed by atoms with Gasteiger partial charge in [-0.3, -0.25) is 71.9 Å². The van der Waals surface area contributed by atoms with E-state index in [0.717, 1.165) is 19.3 Å². The highest BCUT2D eigenvalue weighted by molar-refractivity contribution is 6.00. The third-order valence-electron chi connectivity index (χ3n) is 17.4. The molecule has 578 valence electrons. The predicted molar refractivity (Wildman–Crippen MR) is 376 cm³/mol. The van der Waals surface area contributed by atoms with E-state index in [4.69, 9.17) is 17.2 Å². The summed E-state index contributed by atoms with van der Waals surface area (Å²) >= 11 is 0. The van der Waals surface area contributed by atoms with Gasteiger partial charge in [-0.2, -0.15) is 0 Å². The van der Waals surface area contributed by atoms with Gasteiger partial charge in [0.15, 0.2) is 0 Å². The van der Waals surface area contributed by atoms with Crippen molar-refractivity contribution in [2.24, 2.45) is 40.9 Å². The van der Waals surface area contributed by atoms with Gasteiger partial charge < -0.3 is 112 Å². The highest BCUT2D eigenvalue weighted by Crippen LogP contribution is 2.20. The summed E-state index contributed by atoms with van der Waals surface area (Å²) < 4.78 is 0. The number of fused-ring (bicyclic) bond motifs is 1. The number of carboxylic acids is 2. The molecule has 13 amide bonds. The summed E-state index contributed by atoms with van der Waals surface area (Å²) in [5.41, 5.74) is 18.6. The number of para-hydroxylation sites is 1. The van der Waals surface area contributed by atoms with Crippen molar-refractivity contribution >= 4 is 99.6 Å². The van der Waals surface area contributed by atoms with Gasteiger partial charge in [0.25, 0.3) is 0 Å². The van der Waals surface area contributed by atoms with Gasteiger partial charge in [-0.15, -0.1) is 0 Å². The van der Waals surface area contributed by atoms with Gasteiger partial charge in [0.1, 0.15) is 66.5 Å². The number of carbonyl (C=O) groups excluding carboxylic acids is 13. The second-order valence-electron chi connectivity index (χ2n) is 25.9. The van der Waals surface area contributed by atoms with Crippen molar-refractivity contribution in [1.82, 2.24) is 74.1 Å². The number of carbonyl (C=O) groups is 15. The molecule has 1 aromatic carbocycles. The molecule has 1 aromatic heterocycles. The molecule has 0 bridgehead atoms. The molecule has 0 saturated carbocycles. The maximum Gasteiger partial charge on any atom is 0.325 e. The van der Waals surface area contributed by atoms with Crippen molar-refractivity contribution in [3.8, 4) is 0 Å². The summed E-state index contributed by atoms with van der Waals surface area (Å²) in [4.78, 5) is 204. The van der Waals surface area contributed by atoms with Crippen molar-refractivity contribution in [2.75, 3.05) is 45.9 Å². The van der Waals surface area contributed by atoms with E-state index in [-0.39, 0.29) is 64.1 Å². The van der Waals surface area contributed by atoms with Crippen molar-refractivity contribution in [2.45, 2.75) is 212 Å². The number of H-pyrrole nitrogens is 1. The molecule has 36 nitrogen and oxygen atoms in total. The van der Waals surface area contributed by atoms with Gasteiger partial charge in [-0.25, -0.2) is 0 Å². The zero-order valence-corrected chi connectivity index (χ0v) is 60.3. The lowest BCUT2D eigenvalue weighted by atomic mass is 9.95. The zero-order chi connectivity index (χ0) is 77.6. The third kappa shape index (κ3) is 31.4. The number of rotatable bonds is 50. The monoisotopic (exact) mass is 1460 g/mol. The number of aliphatic carboxylic acids is 2. The quantitative estimate of drug-likeness (QED) is 0.0278. The average Bonchev–Trinajstić information content (AvgIpc) is 1.79. The zero-order valence-electron chi connectivity index (χ0n) is 60.3. The number of aliphatic hydroxyl groups is 2. The van der Waals surface area contributed by atoms with Crippen LogP contribution in [0.3, 0.4) is 0 Å². The van der Waals surface area contributed by atoms with E-state index in [2.05, 4.69) is 87.9 Å². The van der Waals surface area contributed by atoms with Crippen LogP contribution in [-0.2, 0) is 78.3 Å². The molecule has 0 aliphatic carbocycles. The molecule has 0 aliphatic heterocycles. The van der Waals surface area contributed by atoms with Crippen LogP contribution in [0.1, 0.15) is 145 Å². The second-order valence-corrected chi connectivity index (χ2v) is 25.9. The van der Waals surface area contributed by atoms with Crippen LogP contribution >= 0.6 is 0 Å². The fraction of sp³-hybridized carbons (Fsp3) is 0.657. The Morgan fingerprint density at radius 3 is 1.35 bits per heavy atom. The van der Waals surface area contributed by atoms with Gasteiger partial charge in [-0.1, -0.05) is 106 Å². The molecule has 24 N–H and O–H groups in total. The number of hydrogen-bond donors (Lipinski definition) is 21. The molecule has 14 atom stereocenters. The number of nitrogens with one attached hydrogen (secondary N) is 14. The molecule has 103 heavy (non-hydrogen) atoms. The van der Waals surface area contributed by atoms with Crippen molar-refractivity contribution in [1.29, 1.82) is 0 Å². The van der Waals surface area contributed by atoms with E-state index in [0.29, 0.717) is 35.2 Å². The second kappa shape index (κ2) is 47.0. The standard InChI is InChI=1S/C67H111N17O19/c1-10-36(6)17-13-16-20-50(87)72-31-51(88)75-44(23-26-68)57(92)73-32-52(89)76-48(33-85)62(97)80-47(29-40-30-71-42-19-15-14-18-41(40)42)61(96)81-49(34-86)63(98)78-45(24-27-69)58(93)77-46(25-28-70)60(95)83-56(38(8)12-3)66(101)79-43(21-22-53(90)91)59(94)82-54(35(4)5)64(99)84-55(37(7)11-2)65(100)74-39(9)67(102)103/h14-15,18-19,30,35-39,43-49,54-56,71,85-86H,10-13,16-17,20-29,31-34,68-70H2,1-9H3,(H,72,87)(H,73,92)(H,74,100)(H,75,88)(H,76,89)(H,77,93)(H,78,98)(H,79,101)(H,80,97)(H,81,96)(H,82,94)(H,83,95)(H,84,99)(H,90,91)(H,102,103)/t36-,37-,38-,39-,43-,44+,45-,46+,47+,48+,49-,54-,55+,56-/m0/s1. The Morgan fingerprint density at radius 1 is 0.427 bits per heavy atom. The smallest absolute Gasteiger partial charge is 0.325 e. The maximum atomic E-state index is 14.3. The first-order chi connectivity index (χ1) is 48.7. The number of nitrogens with two attached hydrogens (primary N) is 3. The number of aromatic nitrogens is 1. The summed E-state index contributed by atoms with van der Waals surface area (Å²) in [6.07, 6.45) is 3.70. The van der Waals surface area contributed by atoms with Crippen LogP contribution in [-0.4, -0.2) is 227 Å². The van der Waals surface area contributed by atoms with E-state index >= 15 is 0 Å². The number of unbranched alkanes of at least 4 members (excludes halogenated alkanes) is 1. The highest BCUT2D eigenvalue weighted by Gasteiger charge is 2.38. The molecule has 0 fully saturated rings. The molecule has 2 rings (SSSR count). The first-order valence-electron chi connectivity index (χ1n) is 34.9. The highest BCUT2D eigenvalue weighted by atomic mass is 16.4. The van der Waals surface area contributed by atoms with Crippen molar-refractivity contribution in [3.63, 3.8) is 0 Å². The molecule has 0 saturated heterocycles. The predicted octanol–water partition coefficient (Wildman–Crippen LogP) is -4.37. The summed E-state index contributed by atoms with van der Waals surface area (Å²) in [6.45, 7) is 11.3. The van der Waals surface area contributed by atoms with Crippen LogP contribution in [0, 0.1) is 23.7 Å².